The standard InChI is InChI=1S/C32H45N3O3S.C20H38N4O.C19H36N4O.C12H24N4O.4H2S/c1-22(30(36)29-11-10-28(39-29)23-6-8-27(38-5)9-7-23)24-14-18-35(20-24)31(37)33(4)26-15-19-34(21-26)25-12-16-32(2,3)17-13-25;1-20(2)10-6-16(7-11-20)23-12-9-18(15-23)22(5)19(25)24-13-8-17(14-24)21(3)4;1-19(2)9-5-16(6-10-19)22-12-8-17(14-22)21(4)18(24)23-11-7-15(13-23)20-3;1-14(2)11-5-7-16(9-11)12(17)15(3)10-4-6-13-8-10;;;;/h6-11,22,24-26H,12-21H2,1-5H3;16-18H,6-15H2,1-5H3;15-17,20H,5-14H2,1-4H3;10-11,13H,4-9H2,1-3H3;4*1H2/t22-,24?,26?;;;;;;;/m1......./s1. The van der Waals surface area contributed by atoms with Gasteiger partial charge in [0.1, 0.15) is 5.75 Å². The van der Waals surface area contributed by atoms with Crippen LogP contribution in [0.4, 0.5) is 19.2 Å². The number of ether oxygens (including phenoxy) is 1. The number of carbonyl (C=O) groups excluding carboxylic acids is 5. The maximum Gasteiger partial charge on any atom is 0.320 e. The Morgan fingerprint density at radius 2 is 0.817 bits per heavy atom. The predicted octanol–water partition coefficient (Wildman–Crippen LogP) is 12.2. The first-order valence-electron chi connectivity index (χ1n) is 41.2. The Bertz CT molecular complexity index is 3110. The summed E-state index contributed by atoms with van der Waals surface area (Å²) in [6.45, 7) is 31.6. The lowest BCUT2D eigenvalue weighted by Crippen LogP contribution is -2.47. The summed E-state index contributed by atoms with van der Waals surface area (Å²) < 4.78 is 5.26. The highest BCUT2D eigenvalue weighted by Crippen LogP contribution is 2.42. The van der Waals surface area contributed by atoms with Gasteiger partial charge >= 0.3 is 24.1 Å². The van der Waals surface area contributed by atoms with Gasteiger partial charge in [0.15, 0.2) is 5.78 Å². The molecule has 3 saturated carbocycles. The van der Waals surface area contributed by atoms with E-state index in [4.69, 9.17) is 4.74 Å². The molecule has 0 bridgehead atoms. The normalized spacial score (nSPS) is 27.4. The number of likely N-dealkylation sites (N-methyl/N-ethyl adjacent to an activating group) is 7. The highest BCUT2D eigenvalue weighted by atomic mass is 32.1. The fraction of sp³-hybridized carbons (Fsp3) is 0.819. The lowest BCUT2D eigenvalue weighted by molar-refractivity contribution is 0.0889. The highest BCUT2D eigenvalue weighted by molar-refractivity contribution is 7.59. The first kappa shape index (κ1) is 94.4. The minimum Gasteiger partial charge on any atom is -0.497 e. The number of methoxy groups -OCH3 is 1. The van der Waals surface area contributed by atoms with Crippen molar-refractivity contribution in [2.24, 2.45) is 28.1 Å². The molecule has 9 atom stereocenters. The Labute approximate surface area is 691 Å². The Kier molecular flexibility index (Phi) is 36.8. The van der Waals surface area contributed by atoms with E-state index in [1.54, 1.807) is 18.4 Å². The van der Waals surface area contributed by atoms with Crippen LogP contribution in [-0.4, -0.2) is 329 Å². The van der Waals surface area contributed by atoms with Crippen molar-refractivity contribution in [1.82, 2.24) is 74.3 Å². The molecule has 0 spiro atoms. The smallest absolute Gasteiger partial charge is 0.320 e. The number of rotatable bonds is 15. The SMILES string of the molecule is CN(C)C1CCN(C(=O)N(C)C2CCN(C3CCC(C)(C)CC3)C2)C1.CN(C)C1CCN(C(=O)N(C)C2CCNC2)C1.CNC1CCN(C(=O)N(C)C2CCN(C3CCC(C)(C)CC3)C2)C1.COc1ccc(-c2ccc(C(=O)[C@H](C)C3CCN(C(=O)N(C)C4CCN(C5CCC(C)(C)CC5)C4)C3)s2)cc1.S.S.S.S. The number of benzene rings is 1. The molecular weight excluding hydrogens is 1460 g/mol. The maximum absolute atomic E-state index is 13.5. The van der Waals surface area contributed by atoms with Crippen LogP contribution in [0.3, 0.4) is 0 Å². The molecule has 11 fully saturated rings. The molecule has 13 rings (SSSR count). The summed E-state index contributed by atoms with van der Waals surface area (Å²) in [5, 5.41) is 6.60. The number of hydrogen-bond acceptors (Lipinski definition) is 14. The van der Waals surface area contributed by atoms with Crippen molar-refractivity contribution in [3.05, 3.63) is 41.3 Å². The van der Waals surface area contributed by atoms with Crippen LogP contribution in [-0.2, 0) is 0 Å². The zero-order valence-electron chi connectivity index (χ0n) is 70.5. The van der Waals surface area contributed by atoms with Crippen molar-refractivity contribution >= 4 is 95.2 Å². The van der Waals surface area contributed by atoms with Gasteiger partial charge in [-0.05, 0) is 234 Å². The van der Waals surface area contributed by atoms with E-state index in [0.717, 1.165) is 183 Å². The van der Waals surface area contributed by atoms with Gasteiger partial charge < -0.3 is 64.4 Å². The Balaban J connectivity index is 0.000000234. The summed E-state index contributed by atoms with van der Waals surface area (Å²) in [6, 6.07) is 17.8. The van der Waals surface area contributed by atoms with Gasteiger partial charge in [0.25, 0.3) is 0 Å². The molecule has 1 aromatic carbocycles. The van der Waals surface area contributed by atoms with E-state index in [1.165, 1.54) is 77.0 Å². The van der Waals surface area contributed by atoms with E-state index < -0.39 is 0 Å². The molecule has 8 aliphatic heterocycles. The summed E-state index contributed by atoms with van der Waals surface area (Å²) in [5.74, 6) is 1.11. The molecule has 8 amide bonds. The maximum atomic E-state index is 13.5. The van der Waals surface area contributed by atoms with Crippen LogP contribution in [0.15, 0.2) is 36.4 Å². The zero-order chi connectivity index (χ0) is 75.7. The molecule has 11 aliphatic rings. The number of nitrogens with one attached hydrogen (secondary N) is 2. The first-order valence-corrected chi connectivity index (χ1v) is 42.0. The van der Waals surface area contributed by atoms with Gasteiger partial charge in [-0.3, -0.25) is 19.5 Å². The van der Waals surface area contributed by atoms with Crippen LogP contribution in [0.2, 0.25) is 0 Å². The van der Waals surface area contributed by atoms with Crippen LogP contribution in [0.1, 0.15) is 187 Å². The second kappa shape index (κ2) is 42.5. The number of amides is 8. The number of ketones is 1. The van der Waals surface area contributed by atoms with Gasteiger partial charge in [-0.25, -0.2) is 19.2 Å². The summed E-state index contributed by atoms with van der Waals surface area (Å²) in [5.41, 5.74) is 2.63. The number of Topliss-reactive ketones (excluding diaryl/α,β-unsaturated/α-hetero) is 1. The Hall–Kier alpha value is -3.41. The second-order valence-electron chi connectivity index (χ2n) is 36.7. The van der Waals surface area contributed by atoms with E-state index in [1.807, 2.05) is 113 Å². The molecular formula is C83H151N15O6S5. The molecule has 3 aliphatic carbocycles. The monoisotopic (exact) mass is 1610 g/mol. The van der Waals surface area contributed by atoms with E-state index in [-0.39, 0.29) is 102 Å². The van der Waals surface area contributed by atoms with Crippen molar-refractivity contribution in [3.8, 4) is 16.2 Å². The minimum atomic E-state index is -0.104. The summed E-state index contributed by atoms with van der Waals surface area (Å²) >= 11 is 1.55. The fourth-order valence-electron chi connectivity index (χ4n) is 19.0. The Morgan fingerprint density at radius 3 is 1.17 bits per heavy atom. The molecule has 624 valence electrons. The van der Waals surface area contributed by atoms with E-state index >= 15 is 0 Å². The molecule has 8 unspecified atom stereocenters. The number of thiophene rings is 1. The largest absolute Gasteiger partial charge is 0.497 e. The molecule has 8 saturated heterocycles. The quantitative estimate of drug-likeness (QED) is 0.162. The minimum absolute atomic E-state index is 0. The zero-order valence-corrected chi connectivity index (χ0v) is 75.3. The van der Waals surface area contributed by atoms with Gasteiger partial charge in [0.05, 0.1) is 12.0 Å². The number of urea groups is 4. The lowest BCUT2D eigenvalue weighted by Gasteiger charge is -2.39. The van der Waals surface area contributed by atoms with Crippen molar-refractivity contribution in [2.75, 3.05) is 175 Å². The topological polar surface area (TPSA) is 161 Å². The Morgan fingerprint density at radius 1 is 0.450 bits per heavy atom. The molecule has 21 nitrogen and oxygen atoms in total. The van der Waals surface area contributed by atoms with Crippen molar-refractivity contribution in [3.63, 3.8) is 0 Å². The number of likely N-dealkylation sites (tertiary alicyclic amines) is 7. The van der Waals surface area contributed by atoms with Gasteiger partial charge in [0.2, 0.25) is 0 Å². The molecule has 2 aromatic rings. The third-order valence-corrected chi connectivity index (χ3v) is 28.7. The third-order valence-electron chi connectivity index (χ3n) is 27.5. The van der Waals surface area contributed by atoms with E-state index in [2.05, 4.69) is 110 Å². The number of hydrogen-bond donors (Lipinski definition) is 2. The molecule has 0 radical (unpaired) electrons. The lowest BCUT2D eigenvalue weighted by atomic mass is 9.75. The van der Waals surface area contributed by atoms with Crippen molar-refractivity contribution in [1.29, 1.82) is 0 Å². The van der Waals surface area contributed by atoms with Crippen LogP contribution < -0.4 is 15.4 Å². The van der Waals surface area contributed by atoms with Crippen LogP contribution in [0, 0.1) is 28.1 Å². The van der Waals surface area contributed by atoms with Gasteiger partial charge in [-0.15, -0.1) is 11.3 Å². The summed E-state index contributed by atoms with van der Waals surface area (Å²) in [7, 11) is 20.0. The summed E-state index contributed by atoms with van der Waals surface area (Å²) in [6.07, 6.45) is 24.4. The summed E-state index contributed by atoms with van der Waals surface area (Å²) in [4.78, 5) is 95.1. The average molecular weight is 1620 g/mol. The van der Waals surface area contributed by atoms with Crippen LogP contribution >= 0.6 is 65.3 Å². The van der Waals surface area contributed by atoms with Crippen LogP contribution in [0.25, 0.3) is 10.4 Å². The van der Waals surface area contributed by atoms with E-state index in [0.29, 0.717) is 65.1 Å². The molecule has 26 heteroatoms. The highest BCUT2D eigenvalue weighted by Gasteiger charge is 2.43. The molecule has 9 heterocycles. The van der Waals surface area contributed by atoms with Crippen molar-refractivity contribution in [2.45, 2.75) is 237 Å². The first-order chi connectivity index (χ1) is 49.9. The molecule has 1 aromatic heterocycles. The molecule has 2 N–H and O–H groups in total. The van der Waals surface area contributed by atoms with E-state index in [9.17, 15) is 24.0 Å². The fourth-order valence-corrected chi connectivity index (χ4v) is 20.1. The predicted molar refractivity (Wildman–Crippen MR) is 469 cm³/mol. The molecule has 109 heavy (non-hydrogen) atoms. The van der Waals surface area contributed by atoms with Gasteiger partial charge in [0, 0.05) is 198 Å². The van der Waals surface area contributed by atoms with Gasteiger partial charge in [-0.1, -0.05) is 48.5 Å². The number of carbonyl (C=O) groups is 5. The van der Waals surface area contributed by atoms with Crippen molar-refractivity contribution < 1.29 is 28.7 Å². The third kappa shape index (κ3) is 25.1. The average Bonchev–Trinajstić information content (AvgIpc) is 1.69. The second-order valence-corrected chi connectivity index (χ2v) is 37.8. The van der Waals surface area contributed by atoms with Gasteiger partial charge in [-0.2, -0.15) is 54.0 Å². The number of nitrogens with zero attached hydrogens (tertiary/aromatic N) is 13. The van der Waals surface area contributed by atoms with Crippen LogP contribution in [0.5, 0.6) is 5.75 Å².